The predicted octanol–water partition coefficient (Wildman–Crippen LogP) is -2.15. The smallest absolute Gasteiger partial charge is 0.317 e. The van der Waals surface area contributed by atoms with Gasteiger partial charge in [0.1, 0.15) is 0 Å². The van der Waals surface area contributed by atoms with E-state index < -0.39 is 30.2 Å². The van der Waals surface area contributed by atoms with Crippen LogP contribution < -0.4 is 5.32 Å². The van der Waals surface area contributed by atoms with E-state index in [9.17, 15) is 44.7 Å². The molecule has 1 aliphatic heterocycles. The molecule has 0 spiro atoms. The van der Waals surface area contributed by atoms with Crippen molar-refractivity contribution in [2.75, 3.05) is 91.8 Å². The zero-order valence-electron chi connectivity index (χ0n) is 23.4. The van der Waals surface area contributed by atoms with Gasteiger partial charge in [0.05, 0.1) is 25.7 Å². The molecule has 1 fully saturated rings. The van der Waals surface area contributed by atoms with Crippen LogP contribution in [0.3, 0.4) is 0 Å². The number of carboxylic acids is 3. The van der Waals surface area contributed by atoms with Crippen LogP contribution in [0.4, 0.5) is 0 Å². The number of carbonyl (C=O) groups excluding carboxylic acids is 1. The highest BCUT2D eigenvalue weighted by atomic mass is 16.5. The van der Waals surface area contributed by atoms with Crippen LogP contribution in [-0.2, 0) is 23.9 Å². The molecule has 0 aromatic heterocycles. The van der Waals surface area contributed by atoms with E-state index in [1.165, 1.54) is 0 Å². The average Bonchev–Trinajstić information content (AvgIpc) is 2.86. The van der Waals surface area contributed by atoms with Gasteiger partial charge in [-0.1, -0.05) is 6.92 Å². The van der Waals surface area contributed by atoms with Crippen molar-refractivity contribution in [1.82, 2.24) is 24.9 Å². The maximum Gasteiger partial charge on any atom is 0.317 e. The number of rotatable bonds is 17. The summed E-state index contributed by atoms with van der Waals surface area (Å²) >= 11 is 0. The van der Waals surface area contributed by atoms with Crippen LogP contribution in [0.15, 0.2) is 0 Å². The molecule has 1 aliphatic rings. The Kier molecular flexibility index (Phi) is 18.2. The molecule has 0 saturated carbocycles. The molecule has 0 radical (unpaired) electrons. The number of carboxylic acid groups (broad SMARTS) is 3. The molecule has 232 valence electrons. The Bertz CT molecular complexity index is 740. The summed E-state index contributed by atoms with van der Waals surface area (Å²) in [6, 6.07) is -0.844. The van der Waals surface area contributed by atoms with Gasteiger partial charge in [0, 0.05) is 78.5 Å². The van der Waals surface area contributed by atoms with Crippen molar-refractivity contribution in [1.29, 1.82) is 0 Å². The van der Waals surface area contributed by atoms with Gasteiger partial charge in [0.15, 0.2) is 6.29 Å². The first kappa shape index (κ1) is 35.6. The molecular formula is C25H47N5O10. The van der Waals surface area contributed by atoms with Crippen molar-refractivity contribution < 1.29 is 49.4 Å². The fourth-order valence-corrected chi connectivity index (χ4v) is 4.47. The maximum absolute atomic E-state index is 12.4. The first-order valence-electron chi connectivity index (χ1n) is 13.8. The van der Waals surface area contributed by atoms with Gasteiger partial charge in [-0.05, 0) is 19.3 Å². The van der Waals surface area contributed by atoms with Crippen LogP contribution >= 0.6 is 0 Å². The number of aliphatic carboxylic acids is 3. The number of amides is 1. The van der Waals surface area contributed by atoms with Gasteiger partial charge in [-0.15, -0.1) is 0 Å². The number of hydrogen-bond donors (Lipinski definition) is 6. The molecule has 40 heavy (non-hydrogen) atoms. The molecule has 0 bridgehead atoms. The molecule has 6 N–H and O–H groups in total. The highest BCUT2D eigenvalue weighted by molar-refractivity contribution is 5.75. The lowest BCUT2D eigenvalue weighted by Gasteiger charge is -2.37. The molecule has 1 heterocycles. The lowest BCUT2D eigenvalue weighted by atomic mass is 10.1. The van der Waals surface area contributed by atoms with Crippen LogP contribution in [-0.4, -0.2) is 173 Å². The predicted molar refractivity (Wildman–Crippen MR) is 144 cm³/mol. The van der Waals surface area contributed by atoms with E-state index in [-0.39, 0.29) is 90.7 Å². The topological polar surface area (TPSA) is 204 Å². The number of aliphatic hydroxyl groups excluding tert-OH is 1. The van der Waals surface area contributed by atoms with Crippen LogP contribution in [0, 0.1) is 0 Å². The first-order chi connectivity index (χ1) is 19.0. The van der Waals surface area contributed by atoms with Gasteiger partial charge < -0.3 is 35.6 Å². The lowest BCUT2D eigenvalue weighted by Crippen LogP contribution is -2.52. The molecule has 15 nitrogen and oxygen atoms in total. The zero-order chi connectivity index (χ0) is 29.9. The van der Waals surface area contributed by atoms with Gasteiger partial charge in [-0.25, -0.2) is 0 Å². The summed E-state index contributed by atoms with van der Waals surface area (Å²) in [5.74, 6) is -3.38. The second-order valence-corrected chi connectivity index (χ2v) is 9.88. The first-order valence-corrected chi connectivity index (χ1v) is 13.8. The Morgan fingerprint density at radius 3 is 1.60 bits per heavy atom. The summed E-state index contributed by atoms with van der Waals surface area (Å²) < 4.78 is 5.39. The number of ether oxygens (including phenoxy) is 1. The third-order valence-electron chi connectivity index (χ3n) is 6.56. The molecule has 1 atom stereocenters. The molecular weight excluding hydrogens is 530 g/mol. The normalized spacial score (nSPS) is 18.1. The van der Waals surface area contributed by atoms with E-state index in [2.05, 4.69) is 5.32 Å². The van der Waals surface area contributed by atoms with Crippen LogP contribution in [0.1, 0.15) is 32.6 Å². The fraction of sp³-hybridized carbons (Fsp3) is 0.840. The second-order valence-electron chi connectivity index (χ2n) is 9.88. The van der Waals surface area contributed by atoms with Gasteiger partial charge in [0.25, 0.3) is 0 Å². The monoisotopic (exact) mass is 577 g/mol. The third-order valence-corrected chi connectivity index (χ3v) is 6.56. The molecule has 15 heteroatoms. The summed E-state index contributed by atoms with van der Waals surface area (Å²) in [4.78, 5) is 53.3. The number of nitrogens with zero attached hydrogens (tertiary/aromatic N) is 4. The third kappa shape index (κ3) is 16.6. The average molecular weight is 578 g/mol. The number of nitrogens with one attached hydrogen (secondary N) is 1. The van der Waals surface area contributed by atoms with E-state index in [1.807, 2.05) is 6.92 Å². The van der Waals surface area contributed by atoms with Gasteiger partial charge >= 0.3 is 17.9 Å². The largest absolute Gasteiger partial charge is 0.480 e. The van der Waals surface area contributed by atoms with E-state index in [0.29, 0.717) is 26.2 Å². The van der Waals surface area contributed by atoms with E-state index in [4.69, 9.17) is 4.74 Å². The quantitative estimate of drug-likeness (QED) is 0.0806. The molecule has 1 saturated heterocycles. The van der Waals surface area contributed by atoms with Crippen molar-refractivity contribution in [3.05, 3.63) is 0 Å². The fourth-order valence-electron chi connectivity index (χ4n) is 4.47. The summed E-state index contributed by atoms with van der Waals surface area (Å²) in [6.45, 7) is 4.77. The SMILES string of the molecule is CCCOCCCNC(=O)CCC(C(O)O)N1CCN(CC(=O)O)CCN(CC(=O)O)CCN(CC(=O)O)CC1. The van der Waals surface area contributed by atoms with Crippen LogP contribution in [0.25, 0.3) is 0 Å². The minimum atomic E-state index is -1.78. The van der Waals surface area contributed by atoms with Crippen LogP contribution in [0.5, 0.6) is 0 Å². The molecule has 0 aromatic carbocycles. The highest BCUT2D eigenvalue weighted by Gasteiger charge is 2.28. The minimum absolute atomic E-state index is 0.0381. The Balaban J connectivity index is 2.94. The van der Waals surface area contributed by atoms with E-state index in [1.54, 1.807) is 19.6 Å². The molecule has 1 unspecified atom stereocenters. The van der Waals surface area contributed by atoms with Gasteiger partial charge in [0.2, 0.25) is 5.91 Å². The van der Waals surface area contributed by atoms with Gasteiger partial charge in [-0.3, -0.25) is 38.8 Å². The molecule has 0 aromatic rings. The highest BCUT2D eigenvalue weighted by Crippen LogP contribution is 2.13. The Hall–Kier alpha value is -2.40. The van der Waals surface area contributed by atoms with E-state index in [0.717, 1.165) is 6.42 Å². The summed E-state index contributed by atoms with van der Waals surface area (Å²) in [6.07, 6.45) is -0.0441. The zero-order valence-corrected chi connectivity index (χ0v) is 23.4. The molecule has 0 aliphatic carbocycles. The number of aliphatic hydroxyl groups is 2. The summed E-state index contributed by atoms with van der Waals surface area (Å²) in [5.41, 5.74) is 0. The number of hydrogen-bond acceptors (Lipinski definition) is 11. The Labute approximate surface area is 235 Å². The van der Waals surface area contributed by atoms with E-state index >= 15 is 0 Å². The van der Waals surface area contributed by atoms with Gasteiger partial charge in [-0.2, -0.15) is 0 Å². The van der Waals surface area contributed by atoms with Crippen molar-refractivity contribution in [3.63, 3.8) is 0 Å². The van der Waals surface area contributed by atoms with Crippen molar-refractivity contribution in [2.24, 2.45) is 0 Å². The second kappa shape index (κ2) is 20.5. The Morgan fingerprint density at radius 2 is 1.20 bits per heavy atom. The maximum atomic E-state index is 12.4. The van der Waals surface area contributed by atoms with Crippen LogP contribution in [0.2, 0.25) is 0 Å². The lowest BCUT2D eigenvalue weighted by molar-refractivity contribution is -0.141. The summed E-state index contributed by atoms with van der Waals surface area (Å²) in [5, 5.41) is 51.2. The molecule has 1 rings (SSSR count). The van der Waals surface area contributed by atoms with Crippen molar-refractivity contribution in [3.8, 4) is 0 Å². The Morgan fingerprint density at radius 1 is 0.750 bits per heavy atom. The van der Waals surface area contributed by atoms with Crippen molar-refractivity contribution in [2.45, 2.75) is 44.9 Å². The number of carbonyl (C=O) groups is 4. The standard InChI is InChI=1S/C25H47N5O10/c1-2-15-40-16-3-6-26-21(31)5-4-20(25(38)39)30-13-11-28(18-23(34)35)9-7-27(17-22(32)33)8-10-29(12-14-30)19-24(36)37/h20,25,38-39H,2-19H2,1H3,(H,26,31)(H,32,33)(H,34,35)(H,36,37). The van der Waals surface area contributed by atoms with Crippen molar-refractivity contribution >= 4 is 23.8 Å². The molecule has 1 amide bonds. The minimum Gasteiger partial charge on any atom is -0.480 e. The summed E-state index contributed by atoms with van der Waals surface area (Å²) in [7, 11) is 0.